The fourth-order valence-corrected chi connectivity index (χ4v) is 2.70. The van der Waals surface area contributed by atoms with Crippen molar-refractivity contribution in [3.05, 3.63) is 107 Å². The van der Waals surface area contributed by atoms with Gasteiger partial charge in [0.25, 0.3) is 0 Å². The summed E-state index contributed by atoms with van der Waals surface area (Å²) in [5.74, 6) is 0. The number of hydrogen-bond acceptors (Lipinski definition) is 1. The number of hydroxylamine groups is 1. The lowest BCUT2D eigenvalue weighted by Crippen LogP contribution is -2.13. The molecule has 0 radical (unpaired) electrons. The molecule has 1 atom stereocenters. The van der Waals surface area contributed by atoms with Gasteiger partial charge in [0.15, 0.2) is 12.3 Å². The molecule has 3 rings (SSSR count). The zero-order valence-corrected chi connectivity index (χ0v) is 14.3. The van der Waals surface area contributed by atoms with Crippen molar-refractivity contribution in [2.24, 2.45) is 0 Å². The normalized spacial score (nSPS) is 13.2. The van der Waals surface area contributed by atoms with Crippen molar-refractivity contribution >= 4 is 12.3 Å². The maximum Gasteiger partial charge on any atom is 0.199 e. The van der Waals surface area contributed by atoms with Gasteiger partial charge in [0.05, 0.1) is 0 Å². The maximum absolute atomic E-state index is 12.5. The summed E-state index contributed by atoms with van der Waals surface area (Å²) >= 11 is 0. The van der Waals surface area contributed by atoms with Gasteiger partial charge in [-0.05, 0) is 17.7 Å². The van der Waals surface area contributed by atoms with E-state index in [9.17, 15) is 5.21 Å². The second-order valence-corrected chi connectivity index (χ2v) is 5.97. The Morgan fingerprint density at radius 1 is 0.960 bits per heavy atom. The minimum atomic E-state index is -0.218. The van der Waals surface area contributed by atoms with E-state index in [1.165, 1.54) is 5.56 Å². The fourth-order valence-electron chi connectivity index (χ4n) is 2.70. The van der Waals surface area contributed by atoms with E-state index in [-0.39, 0.29) is 6.04 Å². The van der Waals surface area contributed by atoms with Crippen LogP contribution in [0.2, 0.25) is 0 Å². The van der Waals surface area contributed by atoms with E-state index in [2.05, 4.69) is 28.9 Å². The Labute approximate surface area is 148 Å². The van der Waals surface area contributed by atoms with Crippen LogP contribution in [-0.4, -0.2) is 15.5 Å². The van der Waals surface area contributed by atoms with E-state index in [4.69, 9.17) is 0 Å². The van der Waals surface area contributed by atoms with Crippen LogP contribution in [0, 0.1) is 5.21 Å². The molecule has 0 aliphatic rings. The first kappa shape index (κ1) is 16.8. The van der Waals surface area contributed by atoms with E-state index >= 15 is 0 Å². The number of hydrogen-bond donors (Lipinski definition) is 0. The quantitative estimate of drug-likeness (QED) is 0.274. The number of rotatable bonds is 6. The van der Waals surface area contributed by atoms with Crippen molar-refractivity contribution in [3.8, 4) is 0 Å². The van der Waals surface area contributed by atoms with Crippen LogP contribution in [0.3, 0.4) is 0 Å². The summed E-state index contributed by atoms with van der Waals surface area (Å²) < 4.78 is 3.07. The zero-order valence-electron chi connectivity index (χ0n) is 14.3. The second-order valence-electron chi connectivity index (χ2n) is 5.97. The zero-order chi connectivity index (χ0) is 17.5. The van der Waals surface area contributed by atoms with Crippen LogP contribution in [0.25, 0.3) is 6.08 Å². The summed E-state index contributed by atoms with van der Waals surface area (Å²) in [5, 5.41) is 12.5. The van der Waals surface area contributed by atoms with Gasteiger partial charge in [0.2, 0.25) is 0 Å². The molecule has 3 nitrogen and oxygen atoms in total. The molecule has 0 saturated heterocycles. The van der Waals surface area contributed by atoms with Gasteiger partial charge in [-0.1, -0.05) is 72.8 Å². The van der Waals surface area contributed by atoms with Gasteiger partial charge in [-0.15, -0.1) is 0 Å². The number of aromatic nitrogens is 1. The van der Waals surface area contributed by atoms with Crippen molar-refractivity contribution in [2.75, 3.05) is 0 Å². The molecule has 3 heteroatoms. The molecule has 3 aromatic rings. The maximum atomic E-state index is 12.5. The predicted molar refractivity (Wildman–Crippen MR) is 104 cm³/mol. The third-order valence-corrected chi connectivity index (χ3v) is 4.20. The van der Waals surface area contributed by atoms with Crippen molar-refractivity contribution < 1.29 is 4.74 Å². The van der Waals surface area contributed by atoms with E-state index in [0.717, 1.165) is 22.5 Å². The Balaban J connectivity index is 1.72. The van der Waals surface area contributed by atoms with Gasteiger partial charge < -0.3 is 9.77 Å². The summed E-state index contributed by atoms with van der Waals surface area (Å²) in [4.78, 5) is 0. The molecule has 126 valence electrons. The summed E-state index contributed by atoms with van der Waals surface area (Å²) in [5.41, 5.74) is 3.08. The van der Waals surface area contributed by atoms with Crippen LogP contribution in [-0.2, 0) is 6.54 Å². The molecule has 1 aromatic heterocycles. The van der Waals surface area contributed by atoms with Crippen LogP contribution in [0.4, 0.5) is 0 Å². The third-order valence-electron chi connectivity index (χ3n) is 4.20. The van der Waals surface area contributed by atoms with Crippen molar-refractivity contribution in [3.63, 3.8) is 0 Å². The molecule has 0 fully saturated rings. The highest BCUT2D eigenvalue weighted by atomic mass is 16.5. The molecule has 0 N–H and O–H groups in total. The van der Waals surface area contributed by atoms with Crippen molar-refractivity contribution in [2.45, 2.75) is 19.5 Å². The second kappa shape index (κ2) is 8.15. The van der Waals surface area contributed by atoms with Crippen molar-refractivity contribution in [1.29, 1.82) is 0 Å². The number of nitrogens with zero attached hydrogens (tertiary/aromatic N) is 2. The molecular formula is C22H22N2O. The standard InChI is InChI=1S/C22H22N2O/c1-19(21-13-6-3-7-14-21)24(25)18-22-15-9-17-23(22)16-8-12-20-10-4-2-5-11-20/h2-15,17-19H,16H2,1H3/b12-8+,24-18-/t19-/m1/s1. The van der Waals surface area contributed by atoms with Crippen LogP contribution in [0.5, 0.6) is 0 Å². The number of allylic oxidation sites excluding steroid dienone is 1. The van der Waals surface area contributed by atoms with E-state index in [1.807, 2.05) is 73.8 Å². The lowest BCUT2D eigenvalue weighted by Gasteiger charge is -2.13. The van der Waals surface area contributed by atoms with Gasteiger partial charge in [-0.25, -0.2) is 4.74 Å². The molecule has 0 bridgehead atoms. The smallest absolute Gasteiger partial charge is 0.199 e. The van der Waals surface area contributed by atoms with Gasteiger partial charge in [0, 0.05) is 25.2 Å². The van der Waals surface area contributed by atoms with Crippen LogP contribution in [0.1, 0.15) is 29.8 Å². The molecule has 25 heavy (non-hydrogen) atoms. The SMILES string of the molecule is C[C@H](c1ccccc1)/[N+]([O-])=C/c1cccn1C/C=C/c1ccccc1. The molecule has 0 aliphatic heterocycles. The lowest BCUT2D eigenvalue weighted by atomic mass is 10.1. The Morgan fingerprint density at radius 2 is 1.64 bits per heavy atom. The van der Waals surface area contributed by atoms with Crippen LogP contribution >= 0.6 is 0 Å². The molecule has 0 spiro atoms. The van der Waals surface area contributed by atoms with Gasteiger partial charge in [0.1, 0.15) is 5.69 Å². The van der Waals surface area contributed by atoms with Gasteiger partial charge in [-0.3, -0.25) is 0 Å². The lowest BCUT2D eigenvalue weighted by molar-refractivity contribution is -0.498. The Kier molecular flexibility index (Phi) is 5.47. The summed E-state index contributed by atoms with van der Waals surface area (Å²) in [6.45, 7) is 2.64. The molecule has 0 aliphatic carbocycles. The Morgan fingerprint density at radius 3 is 2.36 bits per heavy atom. The average molecular weight is 330 g/mol. The Bertz CT molecular complexity index is 848. The number of benzene rings is 2. The summed E-state index contributed by atoms with van der Waals surface area (Å²) in [6, 6.07) is 23.7. The summed E-state index contributed by atoms with van der Waals surface area (Å²) in [7, 11) is 0. The van der Waals surface area contributed by atoms with Gasteiger partial charge >= 0.3 is 0 Å². The molecule has 0 saturated carbocycles. The minimum Gasteiger partial charge on any atom is -0.623 e. The highest BCUT2D eigenvalue weighted by Gasteiger charge is 2.12. The molecular weight excluding hydrogens is 308 g/mol. The highest BCUT2D eigenvalue weighted by molar-refractivity contribution is 5.73. The first-order chi connectivity index (χ1) is 12.2. The van der Waals surface area contributed by atoms with E-state index < -0.39 is 0 Å². The fraction of sp³-hybridized carbons (Fsp3) is 0.136. The molecule has 1 heterocycles. The first-order valence-electron chi connectivity index (χ1n) is 8.46. The van der Waals surface area contributed by atoms with Gasteiger partial charge in [-0.2, -0.15) is 0 Å². The van der Waals surface area contributed by atoms with E-state index in [0.29, 0.717) is 0 Å². The van der Waals surface area contributed by atoms with Crippen LogP contribution in [0.15, 0.2) is 85.1 Å². The van der Waals surface area contributed by atoms with Crippen molar-refractivity contribution in [1.82, 2.24) is 4.57 Å². The molecule has 0 amide bonds. The predicted octanol–water partition coefficient (Wildman–Crippen LogP) is 4.89. The third kappa shape index (κ3) is 4.48. The highest BCUT2D eigenvalue weighted by Crippen LogP contribution is 2.15. The Hall–Kier alpha value is -3.07. The average Bonchev–Trinajstić information content (AvgIpc) is 3.09. The van der Waals surface area contributed by atoms with E-state index in [1.54, 1.807) is 6.21 Å². The topological polar surface area (TPSA) is 31.0 Å². The molecule has 2 aromatic carbocycles. The minimum absolute atomic E-state index is 0.218. The first-order valence-corrected chi connectivity index (χ1v) is 8.46. The monoisotopic (exact) mass is 330 g/mol. The largest absolute Gasteiger partial charge is 0.623 e. The summed E-state index contributed by atoms with van der Waals surface area (Å²) in [6.07, 6.45) is 7.84. The van der Waals surface area contributed by atoms with Crippen LogP contribution < -0.4 is 0 Å². The molecule has 0 unspecified atom stereocenters.